The predicted octanol–water partition coefficient (Wildman–Crippen LogP) is 1.59. The number of nitrogens with zero attached hydrogens (tertiary/aromatic N) is 2. The molecule has 2 aromatic heterocycles. The van der Waals surface area contributed by atoms with Crippen molar-refractivity contribution in [1.82, 2.24) is 14.9 Å². The van der Waals surface area contributed by atoms with E-state index in [2.05, 4.69) is 15.3 Å². The Morgan fingerprint density at radius 1 is 1.32 bits per heavy atom. The first-order valence-electron chi connectivity index (χ1n) is 8.86. The number of nitrogens with two attached hydrogens (primary N) is 1. The molecule has 3 rings (SSSR count). The smallest absolute Gasteiger partial charge is 0.255 e. The van der Waals surface area contributed by atoms with Gasteiger partial charge in [0.15, 0.2) is 0 Å². The summed E-state index contributed by atoms with van der Waals surface area (Å²) in [5.74, 6) is 5.36. The number of hydrogen-bond acceptors (Lipinski definition) is 6. The van der Waals surface area contributed by atoms with Gasteiger partial charge in [0.1, 0.15) is 12.4 Å². The van der Waals surface area contributed by atoms with E-state index in [0.29, 0.717) is 29.1 Å². The normalized spacial score (nSPS) is 13.3. The lowest BCUT2D eigenvalue weighted by Gasteiger charge is -2.27. The highest BCUT2D eigenvalue weighted by atomic mass is 16.6. The molecule has 0 spiro atoms. The van der Waals surface area contributed by atoms with E-state index >= 15 is 0 Å². The zero-order valence-corrected chi connectivity index (χ0v) is 15.9. The molecule has 2 heterocycles. The summed E-state index contributed by atoms with van der Waals surface area (Å²) in [6.07, 6.45) is 1.74. The van der Waals surface area contributed by atoms with Crippen LogP contribution in [0.5, 0.6) is 5.75 Å². The number of aryl methyl sites for hydroxylation is 1. The molecular weight excluding hydrogens is 360 g/mol. The van der Waals surface area contributed by atoms with Gasteiger partial charge in [-0.15, -0.1) is 0 Å². The fourth-order valence-corrected chi connectivity index (χ4v) is 2.90. The highest BCUT2D eigenvalue weighted by molar-refractivity contribution is 6.02. The molecule has 148 valence electrons. The maximum absolute atomic E-state index is 12.9. The Kier molecular flexibility index (Phi) is 5.93. The van der Waals surface area contributed by atoms with Crippen LogP contribution in [0.15, 0.2) is 48.7 Å². The minimum Gasteiger partial charge on any atom is -0.489 e. The van der Waals surface area contributed by atoms with Crippen molar-refractivity contribution in [3.05, 3.63) is 65.5 Å². The molecule has 4 N–H and O–H groups in total. The predicted molar refractivity (Wildman–Crippen MR) is 104 cm³/mol. The summed E-state index contributed by atoms with van der Waals surface area (Å²) in [4.78, 5) is 17.5. The second-order valence-electron chi connectivity index (χ2n) is 6.91. The Morgan fingerprint density at radius 3 is 2.75 bits per heavy atom. The van der Waals surface area contributed by atoms with E-state index in [-0.39, 0.29) is 19.1 Å². The number of benzene rings is 1. The number of nitrogens with one attached hydrogen (secondary N) is 1. The number of fused-ring (bicyclic) bond motifs is 1. The van der Waals surface area contributed by atoms with Crippen LogP contribution in [-0.4, -0.2) is 39.4 Å². The fourth-order valence-electron chi connectivity index (χ4n) is 2.90. The minimum atomic E-state index is -1.01. The maximum Gasteiger partial charge on any atom is 0.255 e. The highest BCUT2D eigenvalue weighted by Crippen LogP contribution is 2.22. The molecule has 0 fully saturated rings. The molecule has 1 unspecified atom stereocenters. The quantitative estimate of drug-likeness (QED) is 0.509. The van der Waals surface area contributed by atoms with Crippen LogP contribution in [0.3, 0.4) is 0 Å². The number of ether oxygens (including phenoxy) is 1. The van der Waals surface area contributed by atoms with Crippen molar-refractivity contribution < 1.29 is 19.5 Å². The average molecular weight is 384 g/mol. The van der Waals surface area contributed by atoms with Gasteiger partial charge in [0.25, 0.3) is 5.91 Å². The highest BCUT2D eigenvalue weighted by Gasteiger charge is 2.29. The molecule has 0 aliphatic rings. The lowest BCUT2D eigenvalue weighted by Crippen LogP contribution is -2.52. The van der Waals surface area contributed by atoms with Crippen LogP contribution in [0, 0.1) is 6.92 Å². The Balaban J connectivity index is 1.85. The van der Waals surface area contributed by atoms with E-state index < -0.39 is 5.54 Å². The standard InChI is InChI=1S/C20H24N4O4/c1-14-18(19(26)22-20(2,12-25)13-28-21)17-10-16(8-9-24(17)23-14)27-11-15-6-4-3-5-7-15/h3-10,25H,11-13,21H2,1-2H3,(H,22,26). The molecule has 8 nitrogen and oxygen atoms in total. The van der Waals surface area contributed by atoms with E-state index in [1.807, 2.05) is 30.3 Å². The van der Waals surface area contributed by atoms with Crippen molar-refractivity contribution in [2.45, 2.75) is 26.0 Å². The molecular formula is C20H24N4O4. The first-order valence-corrected chi connectivity index (χ1v) is 8.86. The third kappa shape index (κ3) is 4.30. The van der Waals surface area contributed by atoms with Crippen LogP contribution in [-0.2, 0) is 11.4 Å². The number of hydrogen-bond donors (Lipinski definition) is 3. The zero-order valence-electron chi connectivity index (χ0n) is 15.9. The minimum absolute atomic E-state index is 0.0288. The van der Waals surface area contributed by atoms with Gasteiger partial charge < -0.3 is 20.0 Å². The third-order valence-corrected chi connectivity index (χ3v) is 4.42. The summed E-state index contributed by atoms with van der Waals surface area (Å²) < 4.78 is 7.48. The van der Waals surface area contributed by atoms with E-state index in [0.717, 1.165) is 5.56 Å². The molecule has 1 aromatic carbocycles. The molecule has 0 aliphatic carbocycles. The molecule has 1 amide bonds. The molecule has 0 saturated heterocycles. The maximum atomic E-state index is 12.9. The first-order chi connectivity index (χ1) is 13.5. The van der Waals surface area contributed by atoms with Crippen molar-refractivity contribution in [2.24, 2.45) is 5.90 Å². The number of aliphatic hydroxyl groups excluding tert-OH is 1. The van der Waals surface area contributed by atoms with Gasteiger partial charge in [-0.05, 0) is 25.5 Å². The number of rotatable bonds is 8. The van der Waals surface area contributed by atoms with E-state index in [1.165, 1.54) is 0 Å². The Labute approximate surface area is 162 Å². The topological polar surface area (TPSA) is 111 Å². The number of pyridine rings is 1. The monoisotopic (exact) mass is 384 g/mol. The van der Waals surface area contributed by atoms with E-state index in [4.69, 9.17) is 10.6 Å². The van der Waals surface area contributed by atoms with Crippen molar-refractivity contribution in [3.63, 3.8) is 0 Å². The SMILES string of the molecule is Cc1nn2ccc(OCc3ccccc3)cc2c1C(=O)NC(C)(CO)CON. The number of carbonyl (C=O) groups is 1. The van der Waals surface area contributed by atoms with Gasteiger partial charge >= 0.3 is 0 Å². The largest absolute Gasteiger partial charge is 0.489 e. The number of aliphatic hydroxyl groups is 1. The van der Waals surface area contributed by atoms with Gasteiger partial charge in [-0.3, -0.25) is 4.79 Å². The van der Waals surface area contributed by atoms with Gasteiger partial charge in [0.2, 0.25) is 0 Å². The van der Waals surface area contributed by atoms with Crippen molar-refractivity contribution in [3.8, 4) is 5.75 Å². The Bertz CT molecular complexity index is 957. The summed E-state index contributed by atoms with van der Waals surface area (Å²) in [7, 11) is 0. The number of amides is 1. The Morgan fingerprint density at radius 2 is 2.07 bits per heavy atom. The van der Waals surface area contributed by atoms with Crippen LogP contribution < -0.4 is 16.0 Å². The van der Waals surface area contributed by atoms with Gasteiger partial charge in [0.05, 0.1) is 35.5 Å². The van der Waals surface area contributed by atoms with Crippen LogP contribution in [0.1, 0.15) is 28.5 Å². The number of carbonyl (C=O) groups excluding carboxylic acids is 1. The molecule has 3 aromatic rings. The van der Waals surface area contributed by atoms with Crippen molar-refractivity contribution >= 4 is 11.4 Å². The van der Waals surface area contributed by atoms with Crippen molar-refractivity contribution in [2.75, 3.05) is 13.2 Å². The van der Waals surface area contributed by atoms with Crippen LogP contribution >= 0.6 is 0 Å². The fraction of sp³-hybridized carbons (Fsp3) is 0.300. The first kappa shape index (κ1) is 19.8. The second-order valence-corrected chi connectivity index (χ2v) is 6.91. The van der Waals surface area contributed by atoms with Crippen LogP contribution in [0.4, 0.5) is 0 Å². The van der Waals surface area contributed by atoms with Gasteiger partial charge in [0, 0.05) is 12.3 Å². The molecule has 1 atom stereocenters. The zero-order chi connectivity index (χ0) is 20.1. The molecule has 28 heavy (non-hydrogen) atoms. The van der Waals surface area contributed by atoms with Crippen LogP contribution in [0.25, 0.3) is 5.52 Å². The molecule has 0 radical (unpaired) electrons. The summed E-state index contributed by atoms with van der Waals surface area (Å²) in [6.45, 7) is 3.47. The summed E-state index contributed by atoms with van der Waals surface area (Å²) in [5.41, 5.74) is 1.61. The molecule has 0 bridgehead atoms. The lowest BCUT2D eigenvalue weighted by atomic mass is 10.0. The van der Waals surface area contributed by atoms with E-state index in [1.54, 1.807) is 36.7 Å². The second kappa shape index (κ2) is 8.39. The molecule has 0 saturated carbocycles. The van der Waals surface area contributed by atoms with Crippen LogP contribution in [0.2, 0.25) is 0 Å². The van der Waals surface area contributed by atoms with E-state index in [9.17, 15) is 9.90 Å². The van der Waals surface area contributed by atoms with Gasteiger partial charge in [-0.1, -0.05) is 30.3 Å². The lowest BCUT2D eigenvalue weighted by molar-refractivity contribution is 0.0402. The average Bonchev–Trinajstić information content (AvgIpc) is 3.02. The van der Waals surface area contributed by atoms with Gasteiger partial charge in [-0.2, -0.15) is 5.10 Å². The number of aromatic nitrogens is 2. The summed E-state index contributed by atoms with van der Waals surface area (Å²) >= 11 is 0. The summed E-state index contributed by atoms with van der Waals surface area (Å²) in [6, 6.07) is 13.4. The third-order valence-electron chi connectivity index (χ3n) is 4.42. The molecule has 0 aliphatic heterocycles. The van der Waals surface area contributed by atoms with Crippen molar-refractivity contribution in [1.29, 1.82) is 0 Å². The summed E-state index contributed by atoms with van der Waals surface area (Å²) in [5, 5.41) is 16.7. The van der Waals surface area contributed by atoms with Gasteiger partial charge in [-0.25, -0.2) is 10.4 Å². The molecule has 8 heteroatoms. The Hall–Kier alpha value is -2.94.